The van der Waals surface area contributed by atoms with Crippen LogP contribution in [0.2, 0.25) is 5.02 Å². The predicted molar refractivity (Wildman–Crippen MR) is 98.2 cm³/mol. The minimum atomic E-state index is 0.00939. The number of carbonyl (C=O) groups excluding carboxylic acids is 1. The molecule has 2 aromatic rings. The standard InChI is InChI=1S/C18H22ClN3O2/c1-4-12(5-2)18(23)22-17-9-7-14(11-20-17)21-13-6-8-16(24-3)15(19)10-13/h6-12,21H,4-5H2,1-3H3,(H,20,22,23). The lowest BCUT2D eigenvalue weighted by atomic mass is 10.0. The second kappa shape index (κ2) is 8.55. The van der Waals surface area contributed by atoms with E-state index in [1.165, 1.54) is 0 Å². The average molecular weight is 348 g/mol. The summed E-state index contributed by atoms with van der Waals surface area (Å²) in [5.74, 6) is 1.20. The van der Waals surface area contributed by atoms with E-state index >= 15 is 0 Å². The van der Waals surface area contributed by atoms with Crippen LogP contribution in [0.4, 0.5) is 17.2 Å². The molecule has 0 saturated carbocycles. The first-order valence-corrected chi connectivity index (χ1v) is 8.32. The van der Waals surface area contributed by atoms with Gasteiger partial charge in [0.15, 0.2) is 0 Å². The van der Waals surface area contributed by atoms with Crippen molar-refractivity contribution in [1.29, 1.82) is 0 Å². The number of aromatic nitrogens is 1. The Morgan fingerprint density at radius 3 is 2.46 bits per heavy atom. The molecule has 0 fully saturated rings. The van der Waals surface area contributed by atoms with E-state index in [0.717, 1.165) is 24.2 Å². The molecular weight excluding hydrogens is 326 g/mol. The Morgan fingerprint density at radius 1 is 1.21 bits per heavy atom. The Hall–Kier alpha value is -2.27. The van der Waals surface area contributed by atoms with Crippen LogP contribution in [0.25, 0.3) is 0 Å². The fourth-order valence-electron chi connectivity index (χ4n) is 2.34. The number of methoxy groups -OCH3 is 1. The van der Waals surface area contributed by atoms with E-state index in [1.54, 1.807) is 31.5 Å². The van der Waals surface area contributed by atoms with Gasteiger partial charge in [-0.2, -0.15) is 0 Å². The largest absolute Gasteiger partial charge is 0.495 e. The number of hydrogen-bond acceptors (Lipinski definition) is 4. The van der Waals surface area contributed by atoms with Gasteiger partial charge in [0.05, 0.1) is 24.0 Å². The highest BCUT2D eigenvalue weighted by Gasteiger charge is 2.14. The van der Waals surface area contributed by atoms with Crippen LogP contribution in [-0.2, 0) is 4.79 Å². The second-order valence-corrected chi connectivity index (χ2v) is 5.82. The lowest BCUT2D eigenvalue weighted by Crippen LogP contribution is -2.22. The average Bonchev–Trinajstić information content (AvgIpc) is 2.58. The van der Waals surface area contributed by atoms with Crippen LogP contribution in [0.3, 0.4) is 0 Å². The van der Waals surface area contributed by atoms with Crippen LogP contribution in [0.5, 0.6) is 5.75 Å². The number of rotatable bonds is 7. The summed E-state index contributed by atoms with van der Waals surface area (Å²) in [7, 11) is 1.58. The van der Waals surface area contributed by atoms with Crippen LogP contribution < -0.4 is 15.4 Å². The molecule has 24 heavy (non-hydrogen) atoms. The Bertz CT molecular complexity index is 685. The molecule has 1 aromatic carbocycles. The van der Waals surface area contributed by atoms with E-state index in [4.69, 9.17) is 16.3 Å². The smallest absolute Gasteiger partial charge is 0.228 e. The molecule has 1 heterocycles. The van der Waals surface area contributed by atoms with Gasteiger partial charge in [0.2, 0.25) is 5.91 Å². The minimum Gasteiger partial charge on any atom is -0.495 e. The van der Waals surface area contributed by atoms with Crippen molar-refractivity contribution in [3.05, 3.63) is 41.6 Å². The Kier molecular flexibility index (Phi) is 6.44. The SMILES string of the molecule is CCC(CC)C(=O)Nc1ccc(Nc2ccc(OC)c(Cl)c2)cn1. The molecule has 0 aliphatic heterocycles. The zero-order valence-electron chi connectivity index (χ0n) is 14.1. The fraction of sp³-hybridized carbons (Fsp3) is 0.333. The van der Waals surface area contributed by atoms with Gasteiger partial charge in [0.25, 0.3) is 0 Å². The zero-order chi connectivity index (χ0) is 17.5. The van der Waals surface area contributed by atoms with Crippen LogP contribution in [0, 0.1) is 5.92 Å². The van der Waals surface area contributed by atoms with Gasteiger partial charge in [0.1, 0.15) is 11.6 Å². The first kappa shape index (κ1) is 18.1. The van der Waals surface area contributed by atoms with E-state index in [0.29, 0.717) is 16.6 Å². The number of nitrogens with zero attached hydrogens (tertiary/aromatic N) is 1. The van der Waals surface area contributed by atoms with Crippen molar-refractivity contribution in [2.24, 2.45) is 5.92 Å². The molecule has 2 rings (SSSR count). The van der Waals surface area contributed by atoms with Crippen molar-refractivity contribution in [3.63, 3.8) is 0 Å². The van der Waals surface area contributed by atoms with Gasteiger partial charge in [-0.05, 0) is 43.2 Å². The van der Waals surface area contributed by atoms with Gasteiger partial charge in [-0.3, -0.25) is 4.79 Å². The van der Waals surface area contributed by atoms with Gasteiger partial charge >= 0.3 is 0 Å². The maximum absolute atomic E-state index is 12.1. The van der Waals surface area contributed by atoms with Crippen molar-refractivity contribution in [2.45, 2.75) is 26.7 Å². The Balaban J connectivity index is 2.01. The number of halogens is 1. The van der Waals surface area contributed by atoms with E-state index in [-0.39, 0.29) is 11.8 Å². The number of benzene rings is 1. The van der Waals surface area contributed by atoms with Crippen LogP contribution in [0.15, 0.2) is 36.5 Å². The molecule has 2 N–H and O–H groups in total. The van der Waals surface area contributed by atoms with Crippen molar-refractivity contribution >= 4 is 34.7 Å². The third-order valence-corrected chi connectivity index (χ3v) is 4.11. The van der Waals surface area contributed by atoms with Gasteiger partial charge in [-0.1, -0.05) is 25.4 Å². The number of carbonyl (C=O) groups is 1. The van der Waals surface area contributed by atoms with E-state index in [2.05, 4.69) is 15.6 Å². The Morgan fingerprint density at radius 2 is 1.92 bits per heavy atom. The number of amides is 1. The van der Waals surface area contributed by atoms with Gasteiger partial charge in [-0.15, -0.1) is 0 Å². The summed E-state index contributed by atoms with van der Waals surface area (Å²) in [4.78, 5) is 16.3. The summed E-state index contributed by atoms with van der Waals surface area (Å²) in [6, 6.07) is 9.07. The minimum absolute atomic E-state index is 0.00939. The van der Waals surface area contributed by atoms with Crippen molar-refractivity contribution < 1.29 is 9.53 Å². The predicted octanol–water partition coefficient (Wildman–Crippen LogP) is 4.86. The molecule has 0 aliphatic carbocycles. The molecular formula is C18H22ClN3O2. The maximum Gasteiger partial charge on any atom is 0.228 e. The van der Waals surface area contributed by atoms with Crippen molar-refractivity contribution in [1.82, 2.24) is 4.98 Å². The number of hydrogen-bond donors (Lipinski definition) is 2. The molecule has 0 aliphatic rings. The quantitative estimate of drug-likeness (QED) is 0.750. The van der Waals surface area contributed by atoms with Gasteiger partial charge < -0.3 is 15.4 Å². The molecule has 0 atom stereocenters. The molecule has 0 radical (unpaired) electrons. The number of anilines is 3. The summed E-state index contributed by atoms with van der Waals surface area (Å²) in [6.45, 7) is 4.02. The summed E-state index contributed by atoms with van der Waals surface area (Å²) in [5.41, 5.74) is 1.63. The fourth-order valence-corrected chi connectivity index (χ4v) is 2.60. The summed E-state index contributed by atoms with van der Waals surface area (Å²) in [5, 5.41) is 6.58. The molecule has 6 heteroatoms. The number of nitrogens with one attached hydrogen (secondary N) is 2. The third-order valence-electron chi connectivity index (χ3n) is 3.81. The van der Waals surface area contributed by atoms with E-state index < -0.39 is 0 Å². The summed E-state index contributed by atoms with van der Waals surface area (Å²) >= 11 is 6.11. The lowest BCUT2D eigenvalue weighted by Gasteiger charge is -2.13. The number of ether oxygens (including phenoxy) is 1. The lowest BCUT2D eigenvalue weighted by molar-refractivity contribution is -0.120. The first-order valence-electron chi connectivity index (χ1n) is 7.94. The molecule has 0 saturated heterocycles. The topological polar surface area (TPSA) is 63.2 Å². The third kappa shape index (κ3) is 4.61. The summed E-state index contributed by atoms with van der Waals surface area (Å²) < 4.78 is 5.13. The van der Waals surface area contributed by atoms with Crippen LogP contribution in [0.1, 0.15) is 26.7 Å². The van der Waals surface area contributed by atoms with Crippen LogP contribution in [-0.4, -0.2) is 18.0 Å². The summed E-state index contributed by atoms with van der Waals surface area (Å²) in [6.07, 6.45) is 3.31. The zero-order valence-corrected chi connectivity index (χ0v) is 14.9. The van der Waals surface area contributed by atoms with Gasteiger partial charge in [-0.25, -0.2) is 4.98 Å². The highest BCUT2D eigenvalue weighted by atomic mass is 35.5. The van der Waals surface area contributed by atoms with E-state index in [1.807, 2.05) is 26.0 Å². The molecule has 5 nitrogen and oxygen atoms in total. The molecule has 1 aromatic heterocycles. The van der Waals surface area contributed by atoms with Crippen molar-refractivity contribution in [2.75, 3.05) is 17.7 Å². The Labute approximate surface area is 147 Å². The van der Waals surface area contributed by atoms with Crippen molar-refractivity contribution in [3.8, 4) is 5.75 Å². The monoisotopic (exact) mass is 347 g/mol. The molecule has 0 spiro atoms. The highest BCUT2D eigenvalue weighted by molar-refractivity contribution is 6.32. The molecule has 0 unspecified atom stereocenters. The molecule has 1 amide bonds. The number of pyridine rings is 1. The second-order valence-electron chi connectivity index (χ2n) is 5.41. The van der Waals surface area contributed by atoms with E-state index in [9.17, 15) is 4.79 Å². The van der Waals surface area contributed by atoms with Gasteiger partial charge in [0, 0.05) is 11.6 Å². The normalized spacial score (nSPS) is 10.5. The first-order chi connectivity index (χ1) is 11.6. The highest BCUT2D eigenvalue weighted by Crippen LogP contribution is 2.28. The molecule has 0 bridgehead atoms. The molecule has 128 valence electrons. The van der Waals surface area contributed by atoms with Crippen LogP contribution >= 0.6 is 11.6 Å². The maximum atomic E-state index is 12.1.